The van der Waals surface area contributed by atoms with Crippen LogP contribution in [0.25, 0.3) is 0 Å². The van der Waals surface area contributed by atoms with Crippen LogP contribution in [0.4, 0.5) is 5.69 Å². The first-order chi connectivity index (χ1) is 8.17. The summed E-state index contributed by atoms with van der Waals surface area (Å²) in [4.78, 5) is 2.10. The van der Waals surface area contributed by atoms with E-state index >= 15 is 0 Å². The number of hydrogen-bond acceptors (Lipinski definition) is 4. The summed E-state index contributed by atoms with van der Waals surface area (Å²) in [6, 6.07) is 7.73. The fourth-order valence-electron chi connectivity index (χ4n) is 1.83. The molecule has 0 saturated carbocycles. The number of benzene rings is 1. The third kappa shape index (κ3) is 4.73. The van der Waals surface area contributed by atoms with Gasteiger partial charge in [0.25, 0.3) is 0 Å². The van der Waals surface area contributed by atoms with Gasteiger partial charge in [-0.25, -0.2) is 0 Å². The van der Waals surface area contributed by atoms with Gasteiger partial charge in [0, 0.05) is 18.8 Å². The minimum atomic E-state index is -0.688. The van der Waals surface area contributed by atoms with E-state index in [1.165, 1.54) is 0 Å². The molecule has 0 radical (unpaired) electrons. The molecule has 1 aromatic carbocycles. The Labute approximate surface area is 103 Å². The van der Waals surface area contributed by atoms with Crippen molar-refractivity contribution in [3.8, 4) is 0 Å². The van der Waals surface area contributed by atoms with Crippen LogP contribution >= 0.6 is 0 Å². The van der Waals surface area contributed by atoms with Crippen LogP contribution in [0.3, 0.4) is 0 Å². The molecule has 0 aliphatic rings. The molecule has 1 unspecified atom stereocenters. The topological polar surface area (TPSA) is 69.7 Å². The van der Waals surface area contributed by atoms with Crippen LogP contribution in [-0.2, 0) is 6.54 Å². The van der Waals surface area contributed by atoms with Gasteiger partial charge in [-0.15, -0.1) is 0 Å². The zero-order valence-electron chi connectivity index (χ0n) is 10.3. The number of para-hydroxylation sites is 1. The number of hydrogen-bond donors (Lipinski definition) is 3. The maximum Gasteiger partial charge on any atom is 0.0897 e. The largest absolute Gasteiger partial charge is 0.398 e. The van der Waals surface area contributed by atoms with Gasteiger partial charge < -0.3 is 15.9 Å². The highest BCUT2D eigenvalue weighted by atomic mass is 16.3. The smallest absolute Gasteiger partial charge is 0.0897 e. The monoisotopic (exact) mass is 238 g/mol. The number of aliphatic hydroxyl groups is 2. The summed E-state index contributed by atoms with van der Waals surface area (Å²) in [5, 5.41) is 18.4. The summed E-state index contributed by atoms with van der Waals surface area (Å²) in [6.45, 7) is 3.94. The number of anilines is 1. The Hall–Kier alpha value is -1.10. The summed E-state index contributed by atoms with van der Waals surface area (Å²) in [5.74, 6) is 0. The SMILES string of the molecule is CCCN(Cc1ccccc1N)CC(O)CO. The van der Waals surface area contributed by atoms with Gasteiger partial charge in [-0.2, -0.15) is 0 Å². The second-order valence-electron chi connectivity index (χ2n) is 4.27. The van der Waals surface area contributed by atoms with Crippen molar-refractivity contribution in [3.63, 3.8) is 0 Å². The Bertz CT molecular complexity index is 331. The Balaban J connectivity index is 2.63. The molecule has 1 atom stereocenters. The van der Waals surface area contributed by atoms with E-state index < -0.39 is 6.10 Å². The molecule has 0 aromatic heterocycles. The van der Waals surface area contributed by atoms with Gasteiger partial charge in [-0.1, -0.05) is 25.1 Å². The first-order valence-corrected chi connectivity index (χ1v) is 6.02. The van der Waals surface area contributed by atoms with Crippen molar-refractivity contribution in [2.45, 2.75) is 26.0 Å². The predicted octanol–water partition coefficient (Wildman–Crippen LogP) is 0.834. The van der Waals surface area contributed by atoms with E-state index in [1.807, 2.05) is 24.3 Å². The number of nitrogen functional groups attached to an aromatic ring is 1. The predicted molar refractivity (Wildman–Crippen MR) is 69.5 cm³/mol. The van der Waals surface area contributed by atoms with E-state index in [0.717, 1.165) is 24.2 Å². The molecule has 0 aliphatic carbocycles. The molecule has 96 valence electrons. The molecule has 0 saturated heterocycles. The molecule has 0 spiro atoms. The highest BCUT2D eigenvalue weighted by Gasteiger charge is 2.11. The third-order valence-corrected chi connectivity index (χ3v) is 2.67. The van der Waals surface area contributed by atoms with E-state index in [9.17, 15) is 5.11 Å². The Morgan fingerprint density at radius 3 is 2.65 bits per heavy atom. The Morgan fingerprint density at radius 1 is 1.35 bits per heavy atom. The molecule has 1 aromatic rings. The molecule has 1 rings (SSSR count). The fourth-order valence-corrected chi connectivity index (χ4v) is 1.83. The van der Waals surface area contributed by atoms with E-state index in [1.54, 1.807) is 0 Å². The minimum Gasteiger partial charge on any atom is -0.398 e. The molecule has 4 heteroatoms. The Morgan fingerprint density at radius 2 is 2.06 bits per heavy atom. The van der Waals surface area contributed by atoms with Crippen molar-refractivity contribution >= 4 is 5.69 Å². The lowest BCUT2D eigenvalue weighted by atomic mass is 10.1. The first-order valence-electron chi connectivity index (χ1n) is 6.02. The molecule has 0 fully saturated rings. The number of rotatable bonds is 7. The van der Waals surface area contributed by atoms with Gasteiger partial charge in [0.2, 0.25) is 0 Å². The van der Waals surface area contributed by atoms with Crippen LogP contribution < -0.4 is 5.73 Å². The van der Waals surface area contributed by atoms with Crippen LogP contribution in [0.2, 0.25) is 0 Å². The molecule has 0 bridgehead atoms. The highest BCUT2D eigenvalue weighted by molar-refractivity contribution is 5.46. The van der Waals surface area contributed by atoms with E-state index in [2.05, 4.69) is 11.8 Å². The van der Waals surface area contributed by atoms with Crippen molar-refractivity contribution in [1.82, 2.24) is 4.90 Å². The second-order valence-corrected chi connectivity index (χ2v) is 4.27. The number of nitrogens with two attached hydrogens (primary N) is 1. The van der Waals surface area contributed by atoms with Gasteiger partial charge in [0.05, 0.1) is 12.7 Å². The molecule has 0 amide bonds. The van der Waals surface area contributed by atoms with Crippen molar-refractivity contribution in [1.29, 1.82) is 0 Å². The normalized spacial score (nSPS) is 12.9. The number of nitrogens with zero attached hydrogens (tertiary/aromatic N) is 1. The third-order valence-electron chi connectivity index (χ3n) is 2.67. The van der Waals surface area contributed by atoms with Gasteiger partial charge in [0.15, 0.2) is 0 Å². The minimum absolute atomic E-state index is 0.204. The lowest BCUT2D eigenvalue weighted by Crippen LogP contribution is -2.34. The summed E-state index contributed by atoms with van der Waals surface area (Å²) in [7, 11) is 0. The fraction of sp³-hybridized carbons (Fsp3) is 0.538. The van der Waals surface area contributed by atoms with Crippen LogP contribution in [0.1, 0.15) is 18.9 Å². The summed E-state index contributed by atoms with van der Waals surface area (Å²) in [6.07, 6.45) is 0.316. The van der Waals surface area contributed by atoms with Crippen molar-refractivity contribution in [2.75, 3.05) is 25.4 Å². The lowest BCUT2D eigenvalue weighted by Gasteiger charge is -2.24. The maximum atomic E-state index is 9.48. The first kappa shape index (κ1) is 14.0. The molecule has 4 nitrogen and oxygen atoms in total. The van der Waals surface area contributed by atoms with Gasteiger partial charge in [0.1, 0.15) is 0 Å². The molecule has 0 aliphatic heterocycles. The molecule has 4 N–H and O–H groups in total. The van der Waals surface area contributed by atoms with Gasteiger partial charge >= 0.3 is 0 Å². The van der Waals surface area contributed by atoms with Crippen LogP contribution in [0.5, 0.6) is 0 Å². The molecular weight excluding hydrogens is 216 g/mol. The van der Waals surface area contributed by atoms with Crippen molar-refractivity contribution < 1.29 is 10.2 Å². The lowest BCUT2D eigenvalue weighted by molar-refractivity contribution is 0.0568. The second kappa shape index (κ2) is 7.27. The van der Waals surface area contributed by atoms with Crippen molar-refractivity contribution in [2.24, 2.45) is 0 Å². The zero-order valence-corrected chi connectivity index (χ0v) is 10.3. The standard InChI is InChI=1S/C13H22N2O2/c1-2-7-15(9-12(17)10-16)8-11-5-3-4-6-13(11)14/h3-6,12,16-17H,2,7-10,14H2,1H3. The van der Waals surface area contributed by atoms with Gasteiger partial charge in [-0.3, -0.25) is 4.90 Å². The van der Waals surface area contributed by atoms with E-state index in [0.29, 0.717) is 13.1 Å². The average Bonchev–Trinajstić information content (AvgIpc) is 2.32. The Kier molecular flexibility index (Phi) is 5.97. The molecular formula is C13H22N2O2. The van der Waals surface area contributed by atoms with Crippen LogP contribution in [0.15, 0.2) is 24.3 Å². The molecule has 17 heavy (non-hydrogen) atoms. The molecule has 0 heterocycles. The van der Waals surface area contributed by atoms with E-state index in [4.69, 9.17) is 10.8 Å². The summed E-state index contributed by atoms with van der Waals surface area (Å²) < 4.78 is 0. The highest BCUT2D eigenvalue weighted by Crippen LogP contribution is 2.13. The summed E-state index contributed by atoms with van der Waals surface area (Å²) in [5.41, 5.74) is 7.72. The average molecular weight is 238 g/mol. The van der Waals surface area contributed by atoms with Crippen LogP contribution in [0, 0.1) is 0 Å². The quantitative estimate of drug-likeness (QED) is 0.616. The maximum absolute atomic E-state index is 9.48. The number of aliphatic hydroxyl groups excluding tert-OH is 2. The zero-order chi connectivity index (χ0) is 12.7. The summed E-state index contributed by atoms with van der Waals surface area (Å²) >= 11 is 0. The van der Waals surface area contributed by atoms with Crippen LogP contribution in [-0.4, -0.2) is 40.9 Å². The van der Waals surface area contributed by atoms with E-state index in [-0.39, 0.29) is 6.61 Å². The van der Waals surface area contributed by atoms with Crippen molar-refractivity contribution in [3.05, 3.63) is 29.8 Å². The van der Waals surface area contributed by atoms with Gasteiger partial charge in [-0.05, 0) is 24.6 Å².